The Balaban J connectivity index is 0.000000755. The molecule has 4 rings (SSSR count). The lowest BCUT2D eigenvalue weighted by molar-refractivity contribution is 1.49. The van der Waals surface area contributed by atoms with E-state index >= 15 is 0 Å². The van der Waals surface area contributed by atoms with Crippen molar-refractivity contribution < 1.29 is 0 Å². The van der Waals surface area contributed by atoms with Gasteiger partial charge in [0, 0.05) is 0 Å². The number of nitrogens with zero attached hydrogens (tertiary/aromatic N) is 1. The number of hydrogen-bond acceptors (Lipinski definition) is 2. The van der Waals surface area contributed by atoms with Crippen LogP contribution in [-0.4, -0.2) is 0 Å². The molecule has 0 unspecified atom stereocenters. The Hall–Kier alpha value is -2.85. The second-order valence-corrected chi connectivity index (χ2v) is 10.2. The molecule has 4 aromatic rings. The van der Waals surface area contributed by atoms with Gasteiger partial charge in [0.25, 0.3) is 0 Å². The van der Waals surface area contributed by atoms with Crippen molar-refractivity contribution in [2.75, 3.05) is 0 Å². The van der Waals surface area contributed by atoms with Crippen LogP contribution in [0.3, 0.4) is 0 Å². The van der Waals surface area contributed by atoms with Crippen molar-refractivity contribution in [3.63, 3.8) is 0 Å². The van der Waals surface area contributed by atoms with Crippen LogP contribution >= 0.6 is 19.9 Å². The fourth-order valence-corrected chi connectivity index (χ4v) is 7.86. The van der Waals surface area contributed by atoms with Gasteiger partial charge in [-0.2, -0.15) is 5.26 Å². The zero-order chi connectivity index (χ0) is 20.5. The summed E-state index contributed by atoms with van der Waals surface area (Å²) in [5.41, 5.74) is 1.29. The first kappa shape index (κ1) is 20.9. The summed E-state index contributed by atoms with van der Waals surface area (Å²) in [5, 5.41) is 14.2. The molecular weight excluding hydrogens is 389 g/mol. The number of benzene rings is 4. The van der Waals surface area contributed by atoms with Crippen molar-refractivity contribution in [2.45, 2.75) is 6.92 Å². The molecule has 0 amide bonds. The maximum atomic E-state index is 7.18. The first-order valence-electron chi connectivity index (χ1n) is 9.40. The molecule has 0 saturated carbocycles. The highest BCUT2D eigenvalue weighted by atomic mass is 32.1. The Bertz CT molecular complexity index is 960. The van der Waals surface area contributed by atoms with Gasteiger partial charge in [0.1, 0.15) is 33.9 Å². The van der Waals surface area contributed by atoms with Crippen molar-refractivity contribution in [2.24, 2.45) is 0 Å². The van der Waals surface area contributed by atoms with Gasteiger partial charge in [-0.1, -0.05) is 84.9 Å². The Morgan fingerprint density at radius 3 is 1.14 bits per heavy atom. The summed E-state index contributed by atoms with van der Waals surface area (Å²) in [6.45, 7) is 2.15. The number of nitriles is 1. The molecule has 0 saturated heterocycles. The minimum Gasteiger partial charge on any atom is -0.185 e. The lowest BCUT2D eigenvalue weighted by Crippen LogP contribution is -2.38. The van der Waals surface area contributed by atoms with E-state index in [1.165, 1.54) is 32.2 Å². The van der Waals surface area contributed by atoms with Gasteiger partial charge in [-0.3, -0.25) is 0 Å². The van der Waals surface area contributed by atoms with Gasteiger partial charge in [-0.05, 0) is 55.5 Å². The first-order chi connectivity index (χ1) is 14.2. The molecule has 0 aliphatic rings. The molecule has 0 atom stereocenters. The minimum atomic E-state index is -1.93. The average molecular weight is 413 g/mol. The van der Waals surface area contributed by atoms with Crippen LogP contribution in [0.5, 0.6) is 0 Å². The van der Waals surface area contributed by atoms with Crippen molar-refractivity contribution in [3.8, 4) is 5.40 Å². The molecule has 0 bridgehead atoms. The second-order valence-electron chi connectivity index (χ2n) is 6.61. The van der Waals surface area contributed by atoms with E-state index in [0.29, 0.717) is 0 Å². The predicted molar refractivity (Wildman–Crippen MR) is 131 cm³/mol. The quantitative estimate of drug-likeness (QED) is 0.284. The lowest BCUT2D eigenvalue weighted by Gasteiger charge is -2.27. The third-order valence-electron chi connectivity index (χ3n) is 4.85. The first-order valence-corrected chi connectivity index (χ1v) is 11.6. The zero-order valence-electron chi connectivity index (χ0n) is 16.3. The predicted octanol–water partition coefficient (Wildman–Crippen LogP) is 5.01. The lowest BCUT2D eigenvalue weighted by atomic mass is 10.2. The molecule has 1 nitrogen and oxygen atoms in total. The van der Waals surface area contributed by atoms with Crippen LogP contribution < -0.4 is 21.2 Å². The van der Waals surface area contributed by atoms with Crippen LogP contribution in [-0.2, 0) is 0 Å². The van der Waals surface area contributed by atoms with Gasteiger partial charge >= 0.3 is 0 Å². The summed E-state index contributed by atoms with van der Waals surface area (Å²) in [5.74, 6) is 0. The summed E-state index contributed by atoms with van der Waals surface area (Å²) in [7, 11) is -1.93. The third kappa shape index (κ3) is 4.43. The molecule has 4 aromatic carbocycles. The van der Waals surface area contributed by atoms with E-state index in [2.05, 4.69) is 135 Å². The van der Waals surface area contributed by atoms with E-state index in [0.717, 1.165) is 0 Å². The Kier molecular flexibility index (Phi) is 7.25. The zero-order valence-corrected chi connectivity index (χ0v) is 18.1. The van der Waals surface area contributed by atoms with Crippen LogP contribution in [0.1, 0.15) is 5.56 Å². The molecule has 142 valence electrons. The van der Waals surface area contributed by atoms with Crippen LogP contribution in [0.25, 0.3) is 0 Å². The van der Waals surface area contributed by atoms with Crippen LogP contribution in [0.15, 0.2) is 115 Å². The Morgan fingerprint density at radius 1 is 0.552 bits per heavy atom. The van der Waals surface area contributed by atoms with Crippen molar-refractivity contribution in [3.05, 3.63) is 121 Å². The SMILES string of the molecule is Cc1ccc([P+](c2ccccc2)(c2ccccc2)c2ccccc2)cc1.N#CS. The standard InChI is InChI=1S/C25H22P.CHNS/c1-21-17-19-25(20-18-21)26(22-11-5-2-6-12-22,23-13-7-3-8-14-23)24-15-9-4-10-16-24;2-1-3/h2-20H,1H3;3H/q+1;. The van der Waals surface area contributed by atoms with Crippen molar-refractivity contribution >= 4 is 41.1 Å². The molecular formula is C26H23NPS+. The summed E-state index contributed by atoms with van der Waals surface area (Å²) in [6, 6.07) is 42.1. The normalized spacial score (nSPS) is 10.4. The van der Waals surface area contributed by atoms with Gasteiger partial charge in [0.05, 0.1) is 0 Å². The maximum absolute atomic E-state index is 7.18. The smallest absolute Gasteiger partial charge is 0.144 e. The van der Waals surface area contributed by atoms with Gasteiger partial charge in [0.15, 0.2) is 0 Å². The molecule has 0 aliphatic heterocycles. The van der Waals surface area contributed by atoms with Crippen LogP contribution in [0.4, 0.5) is 0 Å². The van der Waals surface area contributed by atoms with Crippen LogP contribution in [0.2, 0.25) is 0 Å². The van der Waals surface area contributed by atoms with E-state index in [9.17, 15) is 0 Å². The Labute approximate surface area is 179 Å². The van der Waals surface area contributed by atoms with Gasteiger partial charge < -0.3 is 0 Å². The molecule has 0 spiro atoms. The fourth-order valence-electron chi connectivity index (χ4n) is 3.62. The topological polar surface area (TPSA) is 23.8 Å². The molecule has 0 radical (unpaired) electrons. The fraction of sp³-hybridized carbons (Fsp3) is 0.0385. The highest BCUT2D eigenvalue weighted by Gasteiger charge is 2.47. The molecule has 0 aliphatic carbocycles. The van der Waals surface area contributed by atoms with Gasteiger partial charge in [-0.25, -0.2) is 0 Å². The maximum Gasteiger partial charge on any atom is 0.144 e. The molecule has 29 heavy (non-hydrogen) atoms. The molecule has 0 aromatic heterocycles. The molecule has 0 fully saturated rings. The number of hydrogen-bond donors (Lipinski definition) is 1. The van der Waals surface area contributed by atoms with Crippen molar-refractivity contribution in [1.29, 1.82) is 5.26 Å². The second kappa shape index (κ2) is 10.1. The number of thiocyanates is 1. The highest BCUT2D eigenvalue weighted by Crippen LogP contribution is 2.54. The van der Waals surface area contributed by atoms with Gasteiger partial charge in [-0.15, -0.1) is 0 Å². The third-order valence-corrected chi connectivity index (χ3v) is 9.14. The summed E-state index contributed by atoms with van der Waals surface area (Å²) >= 11 is 3.09. The van der Waals surface area contributed by atoms with Crippen LogP contribution in [0, 0.1) is 17.6 Å². The molecule has 0 heterocycles. The Morgan fingerprint density at radius 2 is 0.828 bits per heavy atom. The van der Waals surface area contributed by atoms with Crippen molar-refractivity contribution in [1.82, 2.24) is 0 Å². The summed E-state index contributed by atoms with van der Waals surface area (Å²) in [6.07, 6.45) is 0. The van der Waals surface area contributed by atoms with E-state index in [1.807, 2.05) is 0 Å². The van der Waals surface area contributed by atoms with E-state index in [1.54, 1.807) is 0 Å². The number of rotatable bonds is 4. The van der Waals surface area contributed by atoms with E-state index in [-0.39, 0.29) is 0 Å². The molecule has 0 N–H and O–H groups in total. The highest BCUT2D eigenvalue weighted by molar-refractivity contribution is 8.01. The average Bonchev–Trinajstić information content (AvgIpc) is 2.78. The molecule has 3 heteroatoms. The minimum absolute atomic E-state index is 1.29. The largest absolute Gasteiger partial charge is 0.185 e. The monoisotopic (exact) mass is 412 g/mol. The summed E-state index contributed by atoms with van der Waals surface area (Å²) in [4.78, 5) is 0. The van der Waals surface area contributed by atoms with Gasteiger partial charge in [0.2, 0.25) is 0 Å². The number of thiol groups is 1. The van der Waals surface area contributed by atoms with E-state index in [4.69, 9.17) is 5.26 Å². The summed E-state index contributed by atoms with van der Waals surface area (Å²) < 4.78 is 0. The van der Waals surface area contributed by atoms with E-state index < -0.39 is 7.26 Å². The number of aryl methyl sites for hydroxylation is 1.